The fraction of sp³-hybridized carbons (Fsp3) is 0.737. The van der Waals surface area contributed by atoms with Crippen molar-refractivity contribution in [1.82, 2.24) is 4.90 Å². The highest BCUT2D eigenvalue weighted by atomic mass is 16.1. The van der Waals surface area contributed by atoms with E-state index in [-0.39, 0.29) is 11.2 Å². The molecule has 118 valence electrons. The fourth-order valence-corrected chi connectivity index (χ4v) is 3.72. The van der Waals surface area contributed by atoms with Crippen LogP contribution in [-0.4, -0.2) is 30.3 Å². The Hall–Kier alpha value is -0.890. The van der Waals surface area contributed by atoms with Gasteiger partial charge in [-0.25, -0.2) is 0 Å². The second-order valence-electron chi connectivity index (χ2n) is 7.43. The van der Waals surface area contributed by atoms with Gasteiger partial charge in [-0.2, -0.15) is 0 Å². The van der Waals surface area contributed by atoms with Crippen molar-refractivity contribution in [2.75, 3.05) is 19.6 Å². The van der Waals surface area contributed by atoms with Gasteiger partial charge in [0.05, 0.1) is 0 Å². The molecule has 2 aliphatic rings. The zero-order valence-electron chi connectivity index (χ0n) is 14.0. The van der Waals surface area contributed by atoms with Crippen LogP contribution in [0.5, 0.6) is 0 Å². The molecule has 0 aromatic heterocycles. The van der Waals surface area contributed by atoms with Crippen molar-refractivity contribution in [3.63, 3.8) is 0 Å². The molecular weight excluding hydrogens is 258 g/mol. The number of piperidine rings is 1. The molecule has 2 rings (SSSR count). The zero-order valence-corrected chi connectivity index (χ0v) is 14.0. The minimum absolute atomic E-state index is 0.280. The second-order valence-corrected chi connectivity index (χ2v) is 7.43. The number of rotatable bonds is 5. The van der Waals surface area contributed by atoms with Crippen molar-refractivity contribution in [3.05, 3.63) is 23.8 Å². The van der Waals surface area contributed by atoms with Crippen LogP contribution < -0.4 is 0 Å². The van der Waals surface area contributed by atoms with E-state index in [9.17, 15) is 4.79 Å². The highest BCUT2D eigenvalue weighted by Gasteiger charge is 2.30. The van der Waals surface area contributed by atoms with E-state index in [4.69, 9.17) is 0 Å². The second kappa shape index (κ2) is 7.40. The number of nitrogens with zero attached hydrogens (tertiary/aromatic N) is 1. The molecule has 1 aliphatic carbocycles. The normalized spacial score (nSPS) is 26.8. The first-order valence-electron chi connectivity index (χ1n) is 8.59. The molecule has 2 nitrogen and oxygen atoms in total. The Balaban J connectivity index is 1.83. The van der Waals surface area contributed by atoms with Crippen LogP contribution in [0.1, 0.15) is 59.3 Å². The molecule has 1 aliphatic heterocycles. The topological polar surface area (TPSA) is 20.3 Å². The molecule has 0 saturated carbocycles. The van der Waals surface area contributed by atoms with Gasteiger partial charge in [-0.15, -0.1) is 0 Å². The highest BCUT2D eigenvalue weighted by molar-refractivity contribution is 5.89. The van der Waals surface area contributed by atoms with Gasteiger partial charge in [-0.1, -0.05) is 38.0 Å². The summed E-state index contributed by atoms with van der Waals surface area (Å²) < 4.78 is 0. The van der Waals surface area contributed by atoms with Crippen LogP contribution in [0.15, 0.2) is 23.8 Å². The predicted octanol–water partition coefficient (Wildman–Crippen LogP) is 4.37. The van der Waals surface area contributed by atoms with E-state index in [2.05, 4.69) is 37.8 Å². The van der Waals surface area contributed by atoms with Gasteiger partial charge in [0.25, 0.3) is 0 Å². The molecule has 0 unspecified atom stereocenters. The SMILES string of the molecule is CC1=CCCC(C)(C)[C@@H]1/C=C/C(=O)CCN1CCCCC1. The summed E-state index contributed by atoms with van der Waals surface area (Å²) in [6.07, 6.45) is 13.3. The number of carbonyl (C=O) groups is 1. The molecule has 0 amide bonds. The Bertz CT molecular complexity index is 413. The first-order chi connectivity index (χ1) is 9.99. The van der Waals surface area contributed by atoms with Crippen LogP contribution in [0.3, 0.4) is 0 Å². The molecule has 21 heavy (non-hydrogen) atoms. The summed E-state index contributed by atoms with van der Waals surface area (Å²) in [6, 6.07) is 0. The largest absolute Gasteiger partial charge is 0.303 e. The lowest BCUT2D eigenvalue weighted by atomic mass is 9.68. The maximum absolute atomic E-state index is 12.1. The van der Waals surface area contributed by atoms with Crippen molar-refractivity contribution >= 4 is 5.78 Å². The molecule has 0 spiro atoms. The maximum atomic E-state index is 12.1. The lowest BCUT2D eigenvalue weighted by Crippen LogP contribution is -2.31. The van der Waals surface area contributed by atoms with E-state index in [1.165, 1.54) is 50.8 Å². The van der Waals surface area contributed by atoms with Crippen molar-refractivity contribution in [2.24, 2.45) is 11.3 Å². The average Bonchev–Trinajstić information content (AvgIpc) is 2.45. The van der Waals surface area contributed by atoms with Crippen molar-refractivity contribution in [2.45, 2.75) is 59.3 Å². The smallest absolute Gasteiger partial charge is 0.156 e. The molecule has 1 atom stereocenters. The summed E-state index contributed by atoms with van der Waals surface area (Å²) in [5, 5.41) is 0. The first-order valence-corrected chi connectivity index (χ1v) is 8.59. The standard InChI is InChI=1S/C19H31NO/c1-16-8-7-12-19(2,3)18(16)10-9-17(21)11-15-20-13-5-4-6-14-20/h8-10,18H,4-7,11-15H2,1-3H3/b10-9+/t18-/m1/s1. The Morgan fingerprint density at radius 3 is 2.71 bits per heavy atom. The molecule has 0 aromatic carbocycles. The lowest BCUT2D eigenvalue weighted by molar-refractivity contribution is -0.115. The van der Waals surface area contributed by atoms with Crippen LogP contribution in [0.25, 0.3) is 0 Å². The lowest BCUT2D eigenvalue weighted by Gasteiger charge is -2.36. The molecular formula is C19H31NO. The van der Waals surface area contributed by atoms with Crippen LogP contribution in [0.2, 0.25) is 0 Å². The number of hydrogen-bond acceptors (Lipinski definition) is 2. The molecule has 0 aromatic rings. The third-order valence-corrected chi connectivity index (χ3v) is 5.19. The summed E-state index contributed by atoms with van der Waals surface area (Å²) >= 11 is 0. The van der Waals surface area contributed by atoms with Gasteiger partial charge in [0.1, 0.15) is 0 Å². The van der Waals surface area contributed by atoms with Gasteiger partial charge < -0.3 is 4.90 Å². The monoisotopic (exact) mass is 289 g/mol. The van der Waals surface area contributed by atoms with E-state index < -0.39 is 0 Å². The van der Waals surface area contributed by atoms with E-state index >= 15 is 0 Å². The molecule has 0 radical (unpaired) electrons. The Morgan fingerprint density at radius 2 is 2.05 bits per heavy atom. The van der Waals surface area contributed by atoms with Gasteiger partial charge in [-0.05, 0) is 57.2 Å². The summed E-state index contributed by atoms with van der Waals surface area (Å²) in [5.41, 5.74) is 1.70. The van der Waals surface area contributed by atoms with Gasteiger partial charge in [0.2, 0.25) is 0 Å². The van der Waals surface area contributed by atoms with Gasteiger partial charge in [-0.3, -0.25) is 4.79 Å². The summed E-state index contributed by atoms with van der Waals surface area (Å²) in [5.74, 6) is 0.708. The number of carbonyl (C=O) groups excluding carboxylic acids is 1. The summed E-state index contributed by atoms with van der Waals surface area (Å²) in [7, 11) is 0. The predicted molar refractivity (Wildman–Crippen MR) is 89.3 cm³/mol. The molecule has 2 heteroatoms. The summed E-state index contributed by atoms with van der Waals surface area (Å²) in [4.78, 5) is 14.5. The van der Waals surface area contributed by atoms with Gasteiger partial charge >= 0.3 is 0 Å². The third-order valence-electron chi connectivity index (χ3n) is 5.19. The van der Waals surface area contributed by atoms with Crippen molar-refractivity contribution < 1.29 is 4.79 Å². The van der Waals surface area contributed by atoms with E-state index in [1.807, 2.05) is 6.08 Å². The minimum atomic E-state index is 0.280. The molecule has 1 saturated heterocycles. The average molecular weight is 289 g/mol. The van der Waals surface area contributed by atoms with Crippen molar-refractivity contribution in [3.8, 4) is 0 Å². The first kappa shape index (κ1) is 16.5. The van der Waals surface area contributed by atoms with E-state index in [0.29, 0.717) is 12.3 Å². The zero-order chi connectivity index (χ0) is 15.3. The molecule has 1 fully saturated rings. The highest BCUT2D eigenvalue weighted by Crippen LogP contribution is 2.41. The van der Waals surface area contributed by atoms with Crippen LogP contribution in [0.4, 0.5) is 0 Å². The fourth-order valence-electron chi connectivity index (χ4n) is 3.72. The number of allylic oxidation sites excluding steroid dienone is 4. The van der Waals surface area contributed by atoms with Crippen molar-refractivity contribution in [1.29, 1.82) is 0 Å². The van der Waals surface area contributed by atoms with E-state index in [1.54, 1.807) is 0 Å². The van der Waals surface area contributed by atoms with Crippen LogP contribution in [0, 0.1) is 11.3 Å². The summed E-state index contributed by atoms with van der Waals surface area (Å²) in [6.45, 7) is 10.1. The maximum Gasteiger partial charge on any atom is 0.156 e. The number of likely N-dealkylation sites (tertiary alicyclic amines) is 1. The molecule has 0 N–H and O–H groups in total. The quantitative estimate of drug-likeness (QED) is 0.553. The minimum Gasteiger partial charge on any atom is -0.303 e. The number of hydrogen-bond donors (Lipinski definition) is 0. The Morgan fingerprint density at radius 1 is 1.33 bits per heavy atom. The number of ketones is 1. The molecule has 1 heterocycles. The van der Waals surface area contributed by atoms with Crippen LogP contribution in [-0.2, 0) is 4.79 Å². The Labute approximate surface area is 130 Å². The van der Waals surface area contributed by atoms with E-state index in [0.717, 1.165) is 6.54 Å². The third kappa shape index (κ3) is 4.81. The van der Waals surface area contributed by atoms with Gasteiger partial charge in [0, 0.05) is 18.9 Å². The van der Waals surface area contributed by atoms with Gasteiger partial charge in [0.15, 0.2) is 5.78 Å². The Kier molecular flexibility index (Phi) is 5.80. The molecule has 0 bridgehead atoms. The van der Waals surface area contributed by atoms with Crippen LogP contribution >= 0.6 is 0 Å².